The van der Waals surface area contributed by atoms with Gasteiger partial charge in [0, 0.05) is 24.2 Å². The van der Waals surface area contributed by atoms with Crippen LogP contribution in [0.3, 0.4) is 0 Å². The van der Waals surface area contributed by atoms with Crippen LogP contribution in [0.4, 0.5) is 5.69 Å². The van der Waals surface area contributed by atoms with Crippen molar-refractivity contribution in [3.8, 4) is 0 Å². The molecule has 2 aromatic rings. The van der Waals surface area contributed by atoms with E-state index in [-0.39, 0.29) is 11.6 Å². The Labute approximate surface area is 112 Å². The Hall–Kier alpha value is -2.10. The van der Waals surface area contributed by atoms with Crippen LogP contribution in [0, 0.1) is 0 Å². The van der Waals surface area contributed by atoms with Crippen LogP contribution >= 0.6 is 0 Å². The quantitative estimate of drug-likeness (QED) is 0.915. The second-order valence-electron chi connectivity index (χ2n) is 4.72. The number of nitrogens with zero attached hydrogens (tertiary/aromatic N) is 2. The summed E-state index contributed by atoms with van der Waals surface area (Å²) in [5.41, 5.74) is 1.84. The lowest BCUT2D eigenvalue weighted by molar-refractivity contribution is 0.0697. The number of carboxylic acid groups (broad SMARTS) is 1. The number of para-hydroxylation sites is 1. The molecule has 0 fully saturated rings. The first-order valence-corrected chi connectivity index (χ1v) is 6.44. The lowest BCUT2D eigenvalue weighted by Crippen LogP contribution is -2.32. The van der Waals surface area contributed by atoms with Crippen LogP contribution in [0.15, 0.2) is 30.5 Å². The normalized spacial score (nSPS) is 10.9. The van der Waals surface area contributed by atoms with Crippen LogP contribution in [0.2, 0.25) is 0 Å². The molecule has 4 nitrogen and oxygen atoms in total. The maximum Gasteiger partial charge on any atom is 0.339 e. The highest BCUT2D eigenvalue weighted by atomic mass is 16.4. The molecule has 2 rings (SSSR count). The Balaban J connectivity index is 2.79. The molecule has 0 spiro atoms. The van der Waals surface area contributed by atoms with Crippen molar-refractivity contribution < 1.29 is 9.90 Å². The summed E-state index contributed by atoms with van der Waals surface area (Å²) in [7, 11) is 0. The monoisotopic (exact) mass is 258 g/mol. The first-order chi connectivity index (χ1) is 9.06. The lowest BCUT2D eigenvalue weighted by Gasteiger charge is -2.29. The smallest absolute Gasteiger partial charge is 0.339 e. The molecule has 0 unspecified atom stereocenters. The van der Waals surface area contributed by atoms with Gasteiger partial charge in [0.15, 0.2) is 0 Å². The summed E-state index contributed by atoms with van der Waals surface area (Å²) in [4.78, 5) is 17.8. The fourth-order valence-electron chi connectivity index (χ4n) is 2.37. The fraction of sp³-hybridized carbons (Fsp3) is 0.333. The molecule has 1 heterocycles. The predicted molar refractivity (Wildman–Crippen MR) is 76.9 cm³/mol. The number of anilines is 1. The molecule has 0 aliphatic rings. The fourth-order valence-corrected chi connectivity index (χ4v) is 2.37. The van der Waals surface area contributed by atoms with E-state index in [0.717, 1.165) is 23.1 Å². The minimum Gasteiger partial charge on any atom is -0.478 e. The van der Waals surface area contributed by atoms with Crippen molar-refractivity contribution in [2.75, 3.05) is 11.4 Å². The Morgan fingerprint density at radius 3 is 2.63 bits per heavy atom. The second-order valence-corrected chi connectivity index (χ2v) is 4.72. The zero-order valence-electron chi connectivity index (χ0n) is 11.4. The van der Waals surface area contributed by atoms with Gasteiger partial charge in [-0.3, -0.25) is 4.98 Å². The van der Waals surface area contributed by atoms with Gasteiger partial charge in [0.2, 0.25) is 0 Å². The largest absolute Gasteiger partial charge is 0.478 e. The van der Waals surface area contributed by atoms with E-state index in [2.05, 4.69) is 23.7 Å². The van der Waals surface area contributed by atoms with Crippen LogP contribution in [0.5, 0.6) is 0 Å². The highest BCUT2D eigenvalue weighted by Crippen LogP contribution is 2.30. The maximum absolute atomic E-state index is 11.4. The van der Waals surface area contributed by atoms with Gasteiger partial charge in [-0.05, 0) is 26.8 Å². The van der Waals surface area contributed by atoms with Gasteiger partial charge in [-0.15, -0.1) is 0 Å². The van der Waals surface area contributed by atoms with Crippen LogP contribution in [0.25, 0.3) is 10.9 Å². The summed E-state index contributed by atoms with van der Waals surface area (Å²) in [6, 6.07) is 7.88. The van der Waals surface area contributed by atoms with E-state index >= 15 is 0 Å². The molecule has 0 bridgehead atoms. The third-order valence-electron chi connectivity index (χ3n) is 3.23. The maximum atomic E-state index is 11.4. The van der Waals surface area contributed by atoms with Crippen molar-refractivity contribution in [3.05, 3.63) is 36.0 Å². The molecule has 19 heavy (non-hydrogen) atoms. The van der Waals surface area contributed by atoms with Gasteiger partial charge >= 0.3 is 5.97 Å². The number of hydrogen-bond acceptors (Lipinski definition) is 3. The minimum atomic E-state index is -0.938. The number of hydrogen-bond donors (Lipinski definition) is 1. The summed E-state index contributed by atoms with van der Waals surface area (Å²) >= 11 is 0. The highest BCUT2D eigenvalue weighted by molar-refractivity contribution is 6.04. The van der Waals surface area contributed by atoms with Crippen molar-refractivity contribution >= 4 is 22.6 Å². The topological polar surface area (TPSA) is 53.4 Å². The van der Waals surface area contributed by atoms with Gasteiger partial charge in [0.25, 0.3) is 0 Å². The molecule has 1 aromatic heterocycles. The molecule has 0 radical (unpaired) electrons. The first kappa shape index (κ1) is 13.3. The summed E-state index contributed by atoms with van der Waals surface area (Å²) < 4.78 is 0. The van der Waals surface area contributed by atoms with Crippen LogP contribution in [-0.2, 0) is 0 Å². The molecular formula is C15H18N2O2. The second kappa shape index (κ2) is 5.26. The molecule has 0 aliphatic heterocycles. The van der Waals surface area contributed by atoms with E-state index < -0.39 is 5.97 Å². The van der Waals surface area contributed by atoms with Crippen molar-refractivity contribution in [2.45, 2.75) is 26.8 Å². The van der Waals surface area contributed by atoms with Crippen molar-refractivity contribution in [1.29, 1.82) is 0 Å². The molecule has 0 saturated heterocycles. The first-order valence-electron chi connectivity index (χ1n) is 6.44. The predicted octanol–water partition coefficient (Wildman–Crippen LogP) is 3.17. The minimum absolute atomic E-state index is 0.230. The number of aromatic carboxylic acids is 1. The summed E-state index contributed by atoms with van der Waals surface area (Å²) in [6.45, 7) is 6.90. The van der Waals surface area contributed by atoms with E-state index in [4.69, 9.17) is 0 Å². The van der Waals surface area contributed by atoms with Crippen LogP contribution in [0.1, 0.15) is 31.1 Å². The van der Waals surface area contributed by atoms with Gasteiger partial charge in [0.1, 0.15) is 5.56 Å². The van der Waals surface area contributed by atoms with Gasteiger partial charge in [-0.25, -0.2) is 4.79 Å². The Kier molecular flexibility index (Phi) is 3.69. The third kappa shape index (κ3) is 2.38. The SMILES string of the molecule is CCN(c1c(C(=O)O)cnc2ccccc12)C(C)C. The van der Waals surface area contributed by atoms with E-state index in [1.54, 1.807) is 0 Å². The molecule has 0 aliphatic carbocycles. The number of aromatic nitrogens is 1. The molecule has 4 heteroatoms. The highest BCUT2D eigenvalue weighted by Gasteiger charge is 2.20. The summed E-state index contributed by atoms with van der Waals surface area (Å²) in [5, 5.41) is 10.3. The van der Waals surface area contributed by atoms with Crippen molar-refractivity contribution in [2.24, 2.45) is 0 Å². The number of pyridine rings is 1. The average Bonchev–Trinajstić information content (AvgIpc) is 2.39. The Morgan fingerprint density at radius 2 is 2.05 bits per heavy atom. The van der Waals surface area contributed by atoms with E-state index in [1.165, 1.54) is 6.20 Å². The number of carboxylic acids is 1. The number of carbonyl (C=O) groups is 1. The number of rotatable bonds is 4. The number of fused-ring (bicyclic) bond motifs is 1. The van der Waals surface area contributed by atoms with Crippen LogP contribution < -0.4 is 4.90 Å². The van der Waals surface area contributed by atoms with Gasteiger partial charge in [0.05, 0.1) is 11.2 Å². The zero-order chi connectivity index (χ0) is 14.0. The van der Waals surface area contributed by atoms with Crippen LogP contribution in [-0.4, -0.2) is 28.6 Å². The lowest BCUT2D eigenvalue weighted by atomic mass is 10.1. The summed E-state index contributed by atoms with van der Waals surface area (Å²) in [5.74, 6) is -0.938. The standard InChI is InChI=1S/C15H18N2O2/c1-4-17(10(2)3)14-11-7-5-6-8-13(11)16-9-12(14)15(18)19/h5-10H,4H2,1-3H3,(H,18,19). The molecular weight excluding hydrogens is 240 g/mol. The molecule has 100 valence electrons. The zero-order valence-corrected chi connectivity index (χ0v) is 11.4. The van der Waals surface area contributed by atoms with Crippen molar-refractivity contribution in [1.82, 2.24) is 4.98 Å². The average molecular weight is 258 g/mol. The van der Waals surface area contributed by atoms with Gasteiger partial charge < -0.3 is 10.0 Å². The van der Waals surface area contributed by atoms with E-state index in [1.807, 2.05) is 31.2 Å². The van der Waals surface area contributed by atoms with Crippen molar-refractivity contribution in [3.63, 3.8) is 0 Å². The van der Waals surface area contributed by atoms with Gasteiger partial charge in [-0.1, -0.05) is 18.2 Å². The van der Waals surface area contributed by atoms with Gasteiger partial charge in [-0.2, -0.15) is 0 Å². The third-order valence-corrected chi connectivity index (χ3v) is 3.23. The molecule has 0 saturated carbocycles. The molecule has 1 N–H and O–H groups in total. The number of benzene rings is 1. The Morgan fingerprint density at radius 1 is 1.37 bits per heavy atom. The molecule has 0 atom stereocenters. The molecule has 0 amide bonds. The Bertz CT molecular complexity index is 608. The van der Waals surface area contributed by atoms with E-state index in [9.17, 15) is 9.90 Å². The molecule has 1 aromatic carbocycles. The summed E-state index contributed by atoms with van der Waals surface area (Å²) in [6.07, 6.45) is 1.45. The van der Waals surface area contributed by atoms with E-state index in [0.29, 0.717) is 0 Å².